The largest absolute Gasteiger partial charge is 0.444 e. The molecule has 1 aromatic carbocycles. The topological polar surface area (TPSA) is 105 Å². The van der Waals surface area contributed by atoms with Crippen LogP contribution in [0.1, 0.15) is 48.1 Å². The van der Waals surface area contributed by atoms with Crippen LogP contribution in [0.25, 0.3) is 16.8 Å². The van der Waals surface area contributed by atoms with Gasteiger partial charge in [-0.15, -0.1) is 0 Å². The lowest BCUT2D eigenvalue weighted by Crippen LogP contribution is -2.51. The first-order valence-corrected chi connectivity index (χ1v) is 15.1. The molecule has 1 aliphatic heterocycles. The molecule has 0 saturated carbocycles. The monoisotopic (exact) mass is 613 g/mol. The molecular formula is C36H35N7O3. The van der Waals surface area contributed by atoms with Crippen LogP contribution in [0.5, 0.6) is 0 Å². The molecule has 5 aromatic rings. The number of aryl methyl sites for hydroxylation is 1. The maximum Gasteiger partial charge on any atom is 0.410 e. The van der Waals surface area contributed by atoms with Gasteiger partial charge in [0.2, 0.25) is 0 Å². The van der Waals surface area contributed by atoms with E-state index in [9.17, 15) is 9.59 Å². The fraction of sp³-hybridized carbons (Fsp3) is 0.250. The third-order valence-electron chi connectivity index (χ3n) is 7.55. The van der Waals surface area contributed by atoms with Crippen molar-refractivity contribution in [2.45, 2.75) is 33.3 Å². The number of rotatable bonds is 4. The van der Waals surface area contributed by atoms with Crippen molar-refractivity contribution in [1.29, 1.82) is 0 Å². The zero-order valence-corrected chi connectivity index (χ0v) is 26.3. The summed E-state index contributed by atoms with van der Waals surface area (Å²) in [7, 11) is 0. The summed E-state index contributed by atoms with van der Waals surface area (Å²) >= 11 is 0. The number of hydrogen-bond acceptors (Lipinski definition) is 7. The van der Waals surface area contributed by atoms with Crippen LogP contribution in [0.2, 0.25) is 0 Å². The Morgan fingerprint density at radius 2 is 1.59 bits per heavy atom. The Labute approximate surface area is 268 Å². The molecule has 1 aliphatic rings. The molecule has 0 unspecified atom stereocenters. The van der Waals surface area contributed by atoms with Gasteiger partial charge in [0.05, 0.1) is 17.6 Å². The maximum atomic E-state index is 13.2. The maximum absolute atomic E-state index is 13.2. The molecule has 1 fully saturated rings. The molecule has 6 rings (SSSR count). The molecule has 232 valence electrons. The van der Waals surface area contributed by atoms with Crippen LogP contribution < -0.4 is 5.32 Å². The van der Waals surface area contributed by atoms with Crippen molar-refractivity contribution in [3.8, 4) is 23.0 Å². The Kier molecular flexibility index (Phi) is 8.40. The van der Waals surface area contributed by atoms with Crippen LogP contribution in [0.15, 0.2) is 85.5 Å². The number of carbonyl (C=O) groups is 2. The van der Waals surface area contributed by atoms with E-state index in [1.807, 2.05) is 99.0 Å². The van der Waals surface area contributed by atoms with Crippen LogP contribution in [-0.4, -0.2) is 72.9 Å². The number of piperazine rings is 1. The van der Waals surface area contributed by atoms with E-state index in [1.54, 1.807) is 28.4 Å². The van der Waals surface area contributed by atoms with Gasteiger partial charge in [-0.3, -0.25) is 14.2 Å². The molecule has 10 heteroatoms. The summed E-state index contributed by atoms with van der Waals surface area (Å²) in [5, 5.41) is 3.30. The summed E-state index contributed by atoms with van der Waals surface area (Å²) in [6.45, 7) is 9.29. The molecule has 2 amide bonds. The van der Waals surface area contributed by atoms with Crippen LogP contribution in [0.3, 0.4) is 0 Å². The first-order valence-electron chi connectivity index (χ1n) is 15.1. The first kappa shape index (κ1) is 30.3. The van der Waals surface area contributed by atoms with Gasteiger partial charge < -0.3 is 19.9 Å². The molecule has 1 N–H and O–H groups in total. The van der Waals surface area contributed by atoms with E-state index in [1.165, 1.54) is 0 Å². The van der Waals surface area contributed by atoms with Crippen molar-refractivity contribution in [3.63, 3.8) is 0 Å². The lowest BCUT2D eigenvalue weighted by atomic mass is 10.0. The Hall–Kier alpha value is -5.69. The Bertz CT molecular complexity index is 1960. The lowest BCUT2D eigenvalue weighted by Gasteiger charge is -2.35. The van der Waals surface area contributed by atoms with E-state index in [0.29, 0.717) is 37.6 Å². The van der Waals surface area contributed by atoms with E-state index < -0.39 is 5.60 Å². The number of amides is 2. The van der Waals surface area contributed by atoms with Gasteiger partial charge in [0, 0.05) is 55.9 Å². The zero-order valence-electron chi connectivity index (χ0n) is 26.3. The normalized spacial score (nSPS) is 13.2. The number of fused-ring (bicyclic) bond motifs is 1. The number of aromatic nitrogens is 4. The molecule has 0 aliphatic carbocycles. The van der Waals surface area contributed by atoms with Crippen LogP contribution in [0.4, 0.5) is 16.3 Å². The standard InChI is InChI=1S/C36H35N7O3/c1-25-31(6-5-16-37-25)40-32-22-26(15-17-38-32)7-13-30-23-39-33-14-12-29(24-43(30)33)27-8-10-28(11-9-27)34(44)41-18-20-42(21-19-41)35(45)46-36(2,3)4/h5-6,8-12,14-17,22-24H,18-21H2,1-4H3,(H,38,40). The fourth-order valence-corrected chi connectivity index (χ4v) is 5.12. The molecule has 4 aromatic heterocycles. The quantitative estimate of drug-likeness (QED) is 0.250. The third-order valence-corrected chi connectivity index (χ3v) is 7.55. The summed E-state index contributed by atoms with van der Waals surface area (Å²) < 4.78 is 7.43. The van der Waals surface area contributed by atoms with E-state index in [-0.39, 0.29) is 12.0 Å². The Morgan fingerprint density at radius 1 is 0.848 bits per heavy atom. The molecule has 5 heterocycles. The van der Waals surface area contributed by atoms with Gasteiger partial charge in [0.1, 0.15) is 22.8 Å². The number of carbonyl (C=O) groups excluding carboxylic acids is 2. The minimum Gasteiger partial charge on any atom is -0.444 e. The minimum absolute atomic E-state index is 0.0527. The van der Waals surface area contributed by atoms with Crippen molar-refractivity contribution >= 4 is 29.2 Å². The number of benzene rings is 1. The summed E-state index contributed by atoms with van der Waals surface area (Å²) in [6.07, 6.45) is 6.90. The fourth-order valence-electron chi connectivity index (χ4n) is 5.12. The van der Waals surface area contributed by atoms with E-state index in [2.05, 4.69) is 32.1 Å². The predicted octanol–water partition coefficient (Wildman–Crippen LogP) is 5.94. The number of imidazole rings is 1. The number of ether oxygens (including phenoxy) is 1. The second kappa shape index (κ2) is 12.7. The number of nitrogens with zero attached hydrogens (tertiary/aromatic N) is 6. The Balaban J connectivity index is 1.13. The van der Waals surface area contributed by atoms with Gasteiger partial charge in [-0.05, 0) is 93.3 Å². The average molecular weight is 614 g/mol. The van der Waals surface area contributed by atoms with Crippen LogP contribution in [0, 0.1) is 18.8 Å². The Morgan fingerprint density at radius 3 is 2.33 bits per heavy atom. The van der Waals surface area contributed by atoms with E-state index in [0.717, 1.165) is 39.4 Å². The van der Waals surface area contributed by atoms with Gasteiger partial charge in [0.25, 0.3) is 5.91 Å². The van der Waals surface area contributed by atoms with Gasteiger partial charge in [-0.2, -0.15) is 0 Å². The summed E-state index contributed by atoms with van der Waals surface area (Å²) in [5.74, 6) is 7.11. The predicted molar refractivity (Wildman–Crippen MR) is 177 cm³/mol. The molecule has 10 nitrogen and oxygen atoms in total. The van der Waals surface area contributed by atoms with Crippen molar-refractivity contribution in [2.75, 3.05) is 31.5 Å². The highest BCUT2D eigenvalue weighted by Gasteiger charge is 2.28. The summed E-state index contributed by atoms with van der Waals surface area (Å²) in [4.78, 5) is 42.3. The molecule has 46 heavy (non-hydrogen) atoms. The third kappa shape index (κ3) is 7.00. The number of anilines is 2. The van der Waals surface area contributed by atoms with Crippen molar-refractivity contribution in [3.05, 3.63) is 108 Å². The van der Waals surface area contributed by atoms with Gasteiger partial charge in [-0.1, -0.05) is 18.1 Å². The van der Waals surface area contributed by atoms with Crippen molar-refractivity contribution < 1.29 is 14.3 Å². The molecule has 0 atom stereocenters. The number of nitrogens with one attached hydrogen (secondary N) is 1. The highest BCUT2D eigenvalue weighted by Crippen LogP contribution is 2.23. The van der Waals surface area contributed by atoms with E-state index >= 15 is 0 Å². The first-order chi connectivity index (χ1) is 22.1. The summed E-state index contributed by atoms with van der Waals surface area (Å²) in [6, 6.07) is 19.2. The van der Waals surface area contributed by atoms with Gasteiger partial charge >= 0.3 is 6.09 Å². The molecule has 0 spiro atoms. The average Bonchev–Trinajstić information content (AvgIpc) is 3.46. The van der Waals surface area contributed by atoms with Crippen LogP contribution >= 0.6 is 0 Å². The number of hydrogen-bond donors (Lipinski definition) is 1. The lowest BCUT2D eigenvalue weighted by molar-refractivity contribution is 0.0141. The second-order valence-electron chi connectivity index (χ2n) is 12.1. The van der Waals surface area contributed by atoms with Crippen molar-refractivity contribution in [1.82, 2.24) is 29.2 Å². The van der Waals surface area contributed by atoms with Gasteiger partial charge in [0.15, 0.2) is 0 Å². The minimum atomic E-state index is -0.549. The molecular weight excluding hydrogens is 578 g/mol. The van der Waals surface area contributed by atoms with Gasteiger partial charge in [-0.25, -0.2) is 14.8 Å². The molecule has 1 saturated heterocycles. The highest BCUT2D eigenvalue weighted by atomic mass is 16.6. The van der Waals surface area contributed by atoms with Crippen LogP contribution in [-0.2, 0) is 4.74 Å². The van der Waals surface area contributed by atoms with Crippen molar-refractivity contribution in [2.24, 2.45) is 0 Å². The van der Waals surface area contributed by atoms with E-state index in [4.69, 9.17) is 4.74 Å². The SMILES string of the molecule is Cc1ncccc1Nc1cc(C#Cc2cnc3ccc(-c4ccc(C(=O)N5CCN(C(=O)OC(C)(C)C)CC5)cc4)cn23)ccn1. The molecule has 0 radical (unpaired) electrons. The summed E-state index contributed by atoms with van der Waals surface area (Å²) in [5.41, 5.74) is 6.14. The zero-order chi connectivity index (χ0) is 32.3. The smallest absolute Gasteiger partial charge is 0.410 e. The number of pyridine rings is 3. The molecule has 0 bridgehead atoms. The highest BCUT2D eigenvalue weighted by molar-refractivity contribution is 5.95. The second-order valence-corrected chi connectivity index (χ2v) is 12.1.